The van der Waals surface area contributed by atoms with E-state index in [9.17, 15) is 21.6 Å². The van der Waals surface area contributed by atoms with Crippen LogP contribution in [0.5, 0.6) is 0 Å². The molecule has 1 unspecified atom stereocenters. The second-order valence-corrected chi connectivity index (χ2v) is 5.11. The summed E-state index contributed by atoms with van der Waals surface area (Å²) in [4.78, 5) is 0. The van der Waals surface area contributed by atoms with Crippen molar-refractivity contribution in [3.8, 4) is 0 Å². The largest absolute Gasteiger partial charge is 0.395 e. The Morgan fingerprint density at radius 1 is 1.23 bits per heavy atom. The van der Waals surface area contributed by atoms with Crippen molar-refractivity contribution in [2.75, 3.05) is 0 Å². The van der Waals surface area contributed by atoms with Gasteiger partial charge in [0.1, 0.15) is 0 Å². The summed E-state index contributed by atoms with van der Waals surface area (Å²) in [6.45, 7) is 2.28. The van der Waals surface area contributed by atoms with E-state index in [1.807, 2.05) is 0 Å². The third-order valence-electron chi connectivity index (χ3n) is 2.19. The van der Waals surface area contributed by atoms with Crippen LogP contribution in [0.3, 0.4) is 0 Å². The van der Waals surface area contributed by atoms with Gasteiger partial charge in [0.2, 0.25) is 0 Å². The zero-order valence-electron chi connectivity index (χ0n) is 7.38. The molecule has 0 saturated heterocycles. The number of hydrogen-bond donors (Lipinski definition) is 1. The first-order chi connectivity index (χ1) is 5.40. The topological polar surface area (TPSA) is 54.4 Å². The Morgan fingerprint density at radius 3 is 1.62 bits per heavy atom. The van der Waals surface area contributed by atoms with Gasteiger partial charge in [-0.2, -0.15) is 21.6 Å². The zero-order valence-corrected chi connectivity index (χ0v) is 8.20. The highest BCUT2D eigenvalue weighted by Gasteiger charge is 2.54. The maximum absolute atomic E-state index is 12.2. The molecule has 80 valence electrons. The van der Waals surface area contributed by atoms with Crippen molar-refractivity contribution >= 4 is 10.1 Å². The highest BCUT2D eigenvalue weighted by atomic mass is 32.2. The highest BCUT2D eigenvalue weighted by Crippen LogP contribution is 2.42. The normalized spacial score (nSPS) is 17.2. The molecule has 1 atom stereocenters. The maximum atomic E-state index is 12.2. The number of rotatable bonds is 2. The molecule has 0 saturated carbocycles. The van der Waals surface area contributed by atoms with Crippen LogP contribution >= 0.6 is 0 Å². The van der Waals surface area contributed by atoms with Gasteiger partial charge in [0.05, 0.1) is 10.7 Å². The average molecular weight is 220 g/mol. The summed E-state index contributed by atoms with van der Waals surface area (Å²) in [7, 11) is -4.66. The predicted octanol–water partition coefficient (Wildman–Crippen LogP) is 1.85. The molecule has 0 radical (unpaired) electrons. The van der Waals surface area contributed by atoms with Crippen LogP contribution in [-0.4, -0.2) is 24.4 Å². The molecule has 0 amide bonds. The lowest BCUT2D eigenvalue weighted by Crippen LogP contribution is -2.45. The van der Waals surface area contributed by atoms with Gasteiger partial charge < -0.3 is 0 Å². The van der Waals surface area contributed by atoms with Crippen molar-refractivity contribution in [1.29, 1.82) is 0 Å². The van der Waals surface area contributed by atoms with Gasteiger partial charge in [-0.05, 0) is 20.8 Å². The Balaban J connectivity index is 5.09. The first-order valence-corrected chi connectivity index (χ1v) is 4.94. The summed E-state index contributed by atoms with van der Waals surface area (Å²) in [5.41, 5.74) is -2.46. The van der Waals surface area contributed by atoms with Gasteiger partial charge in [-0.1, -0.05) is 0 Å². The van der Waals surface area contributed by atoms with E-state index in [4.69, 9.17) is 4.55 Å². The third-order valence-corrected chi connectivity index (χ3v) is 3.68. The van der Waals surface area contributed by atoms with Crippen LogP contribution in [0.2, 0.25) is 0 Å². The fraction of sp³-hybridized carbons (Fsp3) is 1.00. The predicted molar refractivity (Wildman–Crippen MR) is 40.8 cm³/mol. The molecule has 1 N–H and O–H groups in total. The fourth-order valence-corrected chi connectivity index (χ4v) is 1.48. The summed E-state index contributed by atoms with van der Waals surface area (Å²) in [6, 6.07) is 0. The standard InChI is InChI=1S/C6H11F3O3S/c1-4(13(10,11)12)5(2,3)6(7,8)9/h4H,1-3H3,(H,10,11,12). The molecule has 0 aliphatic rings. The lowest BCUT2D eigenvalue weighted by atomic mass is 9.89. The average Bonchev–Trinajstić information content (AvgIpc) is 1.81. The Labute approximate surface area is 74.7 Å². The van der Waals surface area contributed by atoms with Gasteiger partial charge in [-0.15, -0.1) is 0 Å². The maximum Gasteiger partial charge on any atom is 0.395 e. The van der Waals surface area contributed by atoms with Gasteiger partial charge in [0.25, 0.3) is 10.1 Å². The molecular weight excluding hydrogens is 209 g/mol. The first kappa shape index (κ1) is 12.7. The monoisotopic (exact) mass is 220 g/mol. The minimum atomic E-state index is -4.66. The van der Waals surface area contributed by atoms with E-state index in [1.54, 1.807) is 0 Å². The molecule has 0 aromatic carbocycles. The van der Waals surface area contributed by atoms with Crippen LogP contribution in [0.4, 0.5) is 13.2 Å². The second kappa shape index (κ2) is 3.13. The van der Waals surface area contributed by atoms with E-state index in [1.165, 1.54) is 0 Å². The van der Waals surface area contributed by atoms with Crippen molar-refractivity contribution in [2.45, 2.75) is 32.2 Å². The van der Waals surface area contributed by atoms with Crippen LogP contribution < -0.4 is 0 Å². The number of alkyl halides is 3. The minimum Gasteiger partial charge on any atom is -0.285 e. The van der Waals surface area contributed by atoms with Crippen molar-refractivity contribution in [3.05, 3.63) is 0 Å². The summed E-state index contributed by atoms with van der Waals surface area (Å²) < 4.78 is 66.1. The smallest absolute Gasteiger partial charge is 0.285 e. The molecule has 0 aromatic rings. The van der Waals surface area contributed by atoms with Crippen LogP contribution in [0, 0.1) is 5.41 Å². The number of hydrogen-bond acceptors (Lipinski definition) is 2. The Hall–Kier alpha value is -0.300. The van der Waals surface area contributed by atoms with Crippen LogP contribution in [0.25, 0.3) is 0 Å². The van der Waals surface area contributed by atoms with E-state index < -0.39 is 27.0 Å². The molecule has 0 bridgehead atoms. The first-order valence-electron chi connectivity index (χ1n) is 3.43. The summed E-state index contributed by atoms with van der Waals surface area (Å²) in [5.74, 6) is 0. The minimum absolute atomic E-state index is 0.728. The molecule has 0 fully saturated rings. The van der Waals surface area contributed by atoms with E-state index >= 15 is 0 Å². The van der Waals surface area contributed by atoms with Crippen molar-refractivity contribution in [2.24, 2.45) is 5.41 Å². The van der Waals surface area contributed by atoms with Crippen LogP contribution in [0.15, 0.2) is 0 Å². The van der Waals surface area contributed by atoms with Gasteiger partial charge in [0, 0.05) is 0 Å². The molecule has 13 heavy (non-hydrogen) atoms. The van der Waals surface area contributed by atoms with Crippen LogP contribution in [0.1, 0.15) is 20.8 Å². The van der Waals surface area contributed by atoms with Crippen molar-refractivity contribution in [3.63, 3.8) is 0 Å². The van der Waals surface area contributed by atoms with E-state index in [0.717, 1.165) is 20.8 Å². The quantitative estimate of drug-likeness (QED) is 0.722. The summed E-state index contributed by atoms with van der Waals surface area (Å²) in [6.07, 6.45) is -4.66. The van der Waals surface area contributed by atoms with Gasteiger partial charge in [-0.25, -0.2) is 0 Å². The molecule has 0 heterocycles. The molecule has 0 aliphatic carbocycles. The Kier molecular flexibility index (Phi) is 3.05. The molecule has 0 aliphatic heterocycles. The van der Waals surface area contributed by atoms with Gasteiger partial charge in [0.15, 0.2) is 0 Å². The summed E-state index contributed by atoms with van der Waals surface area (Å²) in [5, 5.41) is -1.88. The lowest BCUT2D eigenvalue weighted by molar-refractivity contribution is -0.211. The van der Waals surface area contributed by atoms with Gasteiger partial charge in [-0.3, -0.25) is 4.55 Å². The van der Waals surface area contributed by atoms with E-state index in [2.05, 4.69) is 0 Å². The lowest BCUT2D eigenvalue weighted by Gasteiger charge is -2.31. The zero-order chi connectivity index (χ0) is 11.1. The molecule has 3 nitrogen and oxygen atoms in total. The van der Waals surface area contributed by atoms with E-state index in [-0.39, 0.29) is 0 Å². The highest BCUT2D eigenvalue weighted by molar-refractivity contribution is 7.86. The number of halogens is 3. The van der Waals surface area contributed by atoms with E-state index in [0.29, 0.717) is 0 Å². The van der Waals surface area contributed by atoms with Crippen molar-refractivity contribution in [1.82, 2.24) is 0 Å². The molecule has 0 spiro atoms. The molecule has 0 rings (SSSR count). The molecule has 7 heteroatoms. The van der Waals surface area contributed by atoms with Crippen molar-refractivity contribution < 1.29 is 26.1 Å². The second-order valence-electron chi connectivity index (χ2n) is 3.38. The summed E-state index contributed by atoms with van der Waals surface area (Å²) >= 11 is 0. The Morgan fingerprint density at radius 2 is 1.54 bits per heavy atom. The molecule has 0 aromatic heterocycles. The Bertz CT molecular complexity index is 278. The molecular formula is C6H11F3O3S. The van der Waals surface area contributed by atoms with Crippen LogP contribution in [-0.2, 0) is 10.1 Å². The fourth-order valence-electron chi connectivity index (χ4n) is 0.603. The SMILES string of the molecule is CC(C(C)(C)C(F)(F)F)S(=O)(=O)O. The van der Waals surface area contributed by atoms with Gasteiger partial charge >= 0.3 is 6.18 Å². The third kappa shape index (κ3) is 2.57.